The molecule has 0 heterocycles. The zero-order chi connectivity index (χ0) is 14.6. The van der Waals surface area contributed by atoms with Crippen LogP contribution in [0.4, 0.5) is 4.39 Å². The highest BCUT2D eigenvalue weighted by atomic mass is 79.9. The lowest BCUT2D eigenvalue weighted by molar-refractivity contribution is 0.0939. The highest BCUT2D eigenvalue weighted by Gasteiger charge is 2.14. The van der Waals surface area contributed by atoms with Crippen molar-refractivity contribution in [3.8, 4) is 0 Å². The van der Waals surface area contributed by atoms with E-state index in [1.165, 1.54) is 12.1 Å². The summed E-state index contributed by atoms with van der Waals surface area (Å²) in [7, 11) is 0. The second-order valence-electron chi connectivity index (χ2n) is 4.91. The van der Waals surface area contributed by atoms with Crippen molar-refractivity contribution in [3.63, 3.8) is 0 Å². The lowest BCUT2D eigenvalue weighted by Crippen LogP contribution is -2.52. The molecule has 0 radical (unpaired) electrons. The van der Waals surface area contributed by atoms with Gasteiger partial charge in [0.2, 0.25) is 0 Å². The molecule has 1 aromatic carbocycles. The van der Waals surface area contributed by atoms with E-state index in [1.807, 2.05) is 20.8 Å². The molecule has 0 aliphatic rings. The Balaban J connectivity index is 2.59. The van der Waals surface area contributed by atoms with Gasteiger partial charge >= 0.3 is 0 Å². The van der Waals surface area contributed by atoms with Crippen LogP contribution < -0.4 is 16.2 Å². The first-order valence-corrected chi connectivity index (χ1v) is 6.73. The number of hydrazine groups is 1. The van der Waals surface area contributed by atoms with Gasteiger partial charge in [0.25, 0.3) is 5.91 Å². The number of halogens is 2. The predicted molar refractivity (Wildman–Crippen MR) is 80.2 cm³/mol. The number of hydrogen-bond acceptors (Lipinski definition) is 2. The van der Waals surface area contributed by atoms with E-state index in [0.717, 1.165) is 0 Å². The summed E-state index contributed by atoms with van der Waals surface area (Å²) in [6, 6.07) is 4.20. The predicted octanol–water partition coefficient (Wildman–Crippen LogP) is 2.50. The van der Waals surface area contributed by atoms with E-state index in [-0.39, 0.29) is 16.2 Å². The molecule has 0 spiro atoms. The molecule has 0 aliphatic heterocycles. The number of carbonyl (C=O) groups is 1. The Labute approximate surface area is 125 Å². The molecule has 0 aliphatic carbocycles. The molecule has 104 valence electrons. The molecule has 0 bridgehead atoms. The topological polar surface area (TPSA) is 53.2 Å². The van der Waals surface area contributed by atoms with Crippen LogP contribution in [0.2, 0.25) is 0 Å². The van der Waals surface area contributed by atoms with Crippen molar-refractivity contribution in [2.45, 2.75) is 26.3 Å². The first-order chi connectivity index (χ1) is 8.69. The summed E-state index contributed by atoms with van der Waals surface area (Å²) in [5.74, 6) is -1.20. The summed E-state index contributed by atoms with van der Waals surface area (Å²) in [6.45, 7) is 5.78. The van der Waals surface area contributed by atoms with Gasteiger partial charge in [-0.15, -0.1) is 0 Å². The summed E-state index contributed by atoms with van der Waals surface area (Å²) in [6.07, 6.45) is 0. The van der Waals surface area contributed by atoms with Crippen LogP contribution in [0.5, 0.6) is 0 Å². The van der Waals surface area contributed by atoms with E-state index in [9.17, 15) is 9.18 Å². The molecule has 1 aromatic rings. The van der Waals surface area contributed by atoms with E-state index in [1.54, 1.807) is 6.07 Å². The van der Waals surface area contributed by atoms with Gasteiger partial charge in [-0.05, 0) is 51.2 Å². The third-order valence-electron chi connectivity index (χ3n) is 1.95. The maximum Gasteiger partial charge on any atom is 0.272 e. The van der Waals surface area contributed by atoms with Gasteiger partial charge in [0, 0.05) is 10.0 Å². The van der Waals surface area contributed by atoms with Gasteiger partial charge in [-0.2, -0.15) is 0 Å². The zero-order valence-corrected chi connectivity index (χ0v) is 13.2. The number of rotatable bonds is 1. The number of thiocarbonyl (C=S) groups is 1. The van der Waals surface area contributed by atoms with Crippen molar-refractivity contribution in [1.82, 2.24) is 16.2 Å². The quantitative estimate of drug-likeness (QED) is 0.539. The first kappa shape index (κ1) is 15.8. The van der Waals surface area contributed by atoms with Crippen LogP contribution in [0.15, 0.2) is 22.7 Å². The smallest absolute Gasteiger partial charge is 0.272 e. The monoisotopic (exact) mass is 347 g/mol. The van der Waals surface area contributed by atoms with Gasteiger partial charge in [0.1, 0.15) is 5.82 Å². The van der Waals surface area contributed by atoms with E-state index in [2.05, 4.69) is 32.1 Å². The second-order valence-corrected chi connectivity index (χ2v) is 6.23. The number of hydrogen-bond donors (Lipinski definition) is 3. The Morgan fingerprint density at radius 2 is 1.95 bits per heavy atom. The van der Waals surface area contributed by atoms with Gasteiger partial charge in [-0.3, -0.25) is 15.6 Å². The number of carbonyl (C=O) groups excluding carboxylic acids is 1. The van der Waals surface area contributed by atoms with Crippen molar-refractivity contribution in [1.29, 1.82) is 0 Å². The number of amides is 1. The van der Waals surface area contributed by atoms with Crippen molar-refractivity contribution >= 4 is 39.2 Å². The maximum atomic E-state index is 13.5. The van der Waals surface area contributed by atoms with Crippen LogP contribution in [0.25, 0.3) is 0 Å². The standard InChI is InChI=1S/C12H15BrFN3OS/c1-12(2,3)15-11(19)17-16-10(18)8-5-4-7(13)6-9(8)14/h4-6H,1-3H3,(H,16,18)(H2,15,17,19). The molecule has 0 aromatic heterocycles. The second kappa shape index (κ2) is 6.29. The fraction of sp³-hybridized carbons (Fsp3) is 0.333. The third kappa shape index (κ3) is 5.52. The van der Waals surface area contributed by atoms with E-state index >= 15 is 0 Å². The maximum absolute atomic E-state index is 13.5. The van der Waals surface area contributed by atoms with E-state index in [0.29, 0.717) is 4.47 Å². The van der Waals surface area contributed by atoms with Crippen molar-refractivity contribution < 1.29 is 9.18 Å². The molecule has 0 saturated heterocycles. The molecular formula is C12H15BrFN3OS. The molecular weight excluding hydrogens is 333 g/mol. The lowest BCUT2D eigenvalue weighted by Gasteiger charge is -2.23. The van der Waals surface area contributed by atoms with Crippen LogP contribution in [0.1, 0.15) is 31.1 Å². The van der Waals surface area contributed by atoms with Gasteiger partial charge in [-0.25, -0.2) is 4.39 Å². The molecule has 4 nitrogen and oxygen atoms in total. The molecule has 1 amide bonds. The summed E-state index contributed by atoms with van der Waals surface area (Å²) >= 11 is 8.11. The average molecular weight is 348 g/mol. The average Bonchev–Trinajstić information content (AvgIpc) is 2.23. The fourth-order valence-corrected chi connectivity index (χ4v) is 1.92. The Morgan fingerprint density at radius 3 is 2.47 bits per heavy atom. The lowest BCUT2D eigenvalue weighted by atomic mass is 10.1. The Hall–Kier alpha value is -1.21. The van der Waals surface area contributed by atoms with Gasteiger partial charge in [0.05, 0.1) is 5.56 Å². The summed E-state index contributed by atoms with van der Waals surface area (Å²) < 4.78 is 14.1. The van der Waals surface area contributed by atoms with E-state index < -0.39 is 11.7 Å². The van der Waals surface area contributed by atoms with Crippen LogP contribution in [-0.2, 0) is 0 Å². The van der Waals surface area contributed by atoms with E-state index in [4.69, 9.17) is 12.2 Å². The summed E-state index contributed by atoms with van der Waals surface area (Å²) in [5, 5.41) is 3.22. The minimum absolute atomic E-state index is 0.0609. The number of nitrogens with one attached hydrogen (secondary N) is 3. The third-order valence-corrected chi connectivity index (χ3v) is 2.65. The minimum Gasteiger partial charge on any atom is -0.357 e. The zero-order valence-electron chi connectivity index (χ0n) is 10.8. The Kier molecular flexibility index (Phi) is 5.25. The molecule has 7 heteroatoms. The molecule has 0 fully saturated rings. The molecule has 0 saturated carbocycles. The number of benzene rings is 1. The summed E-state index contributed by atoms with van der Waals surface area (Å²) in [4.78, 5) is 11.7. The van der Waals surface area contributed by atoms with Gasteiger partial charge in [-0.1, -0.05) is 15.9 Å². The first-order valence-electron chi connectivity index (χ1n) is 5.52. The van der Waals surface area contributed by atoms with Crippen LogP contribution in [0, 0.1) is 5.82 Å². The largest absolute Gasteiger partial charge is 0.357 e. The molecule has 3 N–H and O–H groups in total. The molecule has 1 rings (SSSR count). The normalized spacial score (nSPS) is 10.8. The molecule has 19 heavy (non-hydrogen) atoms. The van der Waals surface area contributed by atoms with Gasteiger partial charge < -0.3 is 5.32 Å². The minimum atomic E-state index is -0.608. The van der Waals surface area contributed by atoms with Crippen LogP contribution in [-0.4, -0.2) is 16.6 Å². The Morgan fingerprint density at radius 1 is 1.32 bits per heavy atom. The Bertz CT molecular complexity index is 502. The van der Waals surface area contributed by atoms with Crippen molar-refractivity contribution in [2.24, 2.45) is 0 Å². The highest BCUT2D eigenvalue weighted by Crippen LogP contribution is 2.14. The SMILES string of the molecule is CC(C)(C)NC(=S)NNC(=O)c1ccc(Br)cc1F. The highest BCUT2D eigenvalue weighted by molar-refractivity contribution is 9.10. The van der Waals surface area contributed by atoms with Crippen LogP contribution in [0.3, 0.4) is 0 Å². The molecule has 0 unspecified atom stereocenters. The van der Waals surface area contributed by atoms with Gasteiger partial charge in [0.15, 0.2) is 5.11 Å². The summed E-state index contributed by atoms with van der Waals surface area (Å²) in [5.41, 5.74) is 4.57. The van der Waals surface area contributed by atoms with Crippen molar-refractivity contribution in [2.75, 3.05) is 0 Å². The van der Waals surface area contributed by atoms with Crippen molar-refractivity contribution in [3.05, 3.63) is 34.1 Å². The van der Waals surface area contributed by atoms with Crippen LogP contribution >= 0.6 is 28.1 Å². The fourth-order valence-electron chi connectivity index (χ4n) is 1.23. The molecule has 0 atom stereocenters.